The van der Waals surface area contributed by atoms with Crippen LogP contribution in [0.3, 0.4) is 0 Å². The summed E-state index contributed by atoms with van der Waals surface area (Å²) in [6.45, 7) is 1.97. The molecule has 3 N–H and O–H groups in total. The van der Waals surface area contributed by atoms with Gasteiger partial charge in [0.25, 0.3) is 5.91 Å². The van der Waals surface area contributed by atoms with E-state index >= 15 is 0 Å². The summed E-state index contributed by atoms with van der Waals surface area (Å²) in [5.74, 6) is -1.34. The second-order valence-electron chi connectivity index (χ2n) is 4.51. The molecule has 2 rings (SSSR count). The molecule has 0 spiro atoms. The van der Waals surface area contributed by atoms with Crippen LogP contribution in [0.4, 0.5) is 0 Å². The molecule has 0 aliphatic carbocycles. The molecule has 0 saturated heterocycles. The number of rotatable bonds is 4. The molecule has 2 unspecified atom stereocenters. The quantitative estimate of drug-likeness (QED) is 0.754. The largest absolute Gasteiger partial charge is 0.486 e. The number of carbonyl (C=O) groups excluding carboxylic acids is 1. The van der Waals surface area contributed by atoms with E-state index in [-0.39, 0.29) is 10.6 Å². The highest BCUT2D eigenvalue weighted by Crippen LogP contribution is 2.38. The molecule has 0 bridgehead atoms. The first-order chi connectivity index (χ1) is 9.90. The zero-order valence-corrected chi connectivity index (χ0v) is 11.9. The zero-order valence-electron chi connectivity index (χ0n) is 11.1. The fourth-order valence-electron chi connectivity index (χ4n) is 1.86. The van der Waals surface area contributed by atoms with Crippen LogP contribution < -0.4 is 14.8 Å². The third-order valence-corrected chi connectivity index (χ3v) is 3.17. The fraction of sp³-hybridized carbons (Fsp3) is 0.385. The number of carbonyl (C=O) groups is 2. The van der Waals surface area contributed by atoms with E-state index in [1.54, 1.807) is 0 Å². The zero-order chi connectivity index (χ0) is 15.6. The number of aliphatic hydroxyl groups excluding tert-OH is 1. The van der Waals surface area contributed by atoms with Gasteiger partial charge < -0.3 is 25.0 Å². The average Bonchev–Trinajstić information content (AvgIpc) is 2.43. The minimum absolute atomic E-state index is 0.121. The Morgan fingerprint density at radius 2 is 2.00 bits per heavy atom. The Morgan fingerprint density at radius 3 is 2.62 bits per heavy atom. The third-order valence-electron chi connectivity index (χ3n) is 2.89. The molecule has 1 aliphatic rings. The number of hydrogen-bond acceptors (Lipinski definition) is 5. The molecule has 7 nitrogen and oxygen atoms in total. The molecular weight excluding hydrogens is 302 g/mol. The molecule has 2 atom stereocenters. The Hall–Kier alpha value is -1.99. The van der Waals surface area contributed by atoms with Crippen molar-refractivity contribution in [3.05, 3.63) is 22.7 Å². The van der Waals surface area contributed by atoms with Crippen molar-refractivity contribution in [3.63, 3.8) is 0 Å². The summed E-state index contributed by atoms with van der Waals surface area (Å²) in [4.78, 5) is 23.0. The van der Waals surface area contributed by atoms with E-state index in [9.17, 15) is 14.7 Å². The Labute approximate surface area is 125 Å². The summed E-state index contributed by atoms with van der Waals surface area (Å²) in [5, 5.41) is 20.7. The van der Waals surface area contributed by atoms with Crippen LogP contribution in [0.1, 0.15) is 17.3 Å². The smallest absolute Gasteiger partial charge is 0.328 e. The van der Waals surface area contributed by atoms with Crippen molar-refractivity contribution in [2.45, 2.75) is 19.1 Å². The van der Waals surface area contributed by atoms with Gasteiger partial charge in [0.15, 0.2) is 17.5 Å². The van der Waals surface area contributed by atoms with E-state index in [0.29, 0.717) is 24.7 Å². The van der Waals surface area contributed by atoms with Crippen LogP contribution in [0.2, 0.25) is 5.02 Å². The maximum Gasteiger partial charge on any atom is 0.328 e. The van der Waals surface area contributed by atoms with E-state index in [4.69, 9.17) is 26.2 Å². The predicted molar refractivity (Wildman–Crippen MR) is 73.0 cm³/mol. The number of nitrogens with one attached hydrogen (secondary N) is 1. The van der Waals surface area contributed by atoms with Crippen LogP contribution in [0.15, 0.2) is 12.1 Å². The van der Waals surface area contributed by atoms with Crippen molar-refractivity contribution in [2.24, 2.45) is 0 Å². The van der Waals surface area contributed by atoms with Gasteiger partial charge in [0.05, 0.1) is 11.1 Å². The van der Waals surface area contributed by atoms with Crippen molar-refractivity contribution in [1.29, 1.82) is 0 Å². The lowest BCUT2D eigenvalue weighted by molar-refractivity contribution is -0.141. The lowest BCUT2D eigenvalue weighted by Gasteiger charge is -2.21. The molecule has 0 aromatic heterocycles. The lowest BCUT2D eigenvalue weighted by atomic mass is 10.1. The Morgan fingerprint density at radius 1 is 1.33 bits per heavy atom. The Bertz CT molecular complexity index is 574. The molecular formula is C13H14ClNO6. The predicted octanol–water partition coefficient (Wildman–Crippen LogP) is 0.675. The van der Waals surface area contributed by atoms with E-state index in [1.165, 1.54) is 19.1 Å². The van der Waals surface area contributed by atoms with Gasteiger partial charge in [-0.1, -0.05) is 11.6 Å². The van der Waals surface area contributed by atoms with Crippen LogP contribution in [0, 0.1) is 0 Å². The Balaban J connectivity index is 2.23. The molecule has 114 valence electrons. The van der Waals surface area contributed by atoms with Crippen LogP contribution in [0.5, 0.6) is 11.5 Å². The summed E-state index contributed by atoms with van der Waals surface area (Å²) in [6, 6.07) is 1.35. The van der Waals surface area contributed by atoms with Crippen LogP contribution in [0.25, 0.3) is 0 Å². The molecule has 1 aliphatic heterocycles. The van der Waals surface area contributed by atoms with Gasteiger partial charge in [-0.05, 0) is 19.1 Å². The molecule has 0 saturated carbocycles. The van der Waals surface area contributed by atoms with Gasteiger partial charge in [-0.25, -0.2) is 4.79 Å². The number of halogens is 1. The normalized spacial score (nSPS) is 16.0. The number of carboxylic acid groups (broad SMARTS) is 1. The van der Waals surface area contributed by atoms with Crippen LogP contribution in [-0.2, 0) is 4.79 Å². The second kappa shape index (κ2) is 6.19. The average molecular weight is 316 g/mol. The van der Waals surface area contributed by atoms with Crippen molar-refractivity contribution in [1.82, 2.24) is 5.32 Å². The number of benzene rings is 1. The highest BCUT2D eigenvalue weighted by molar-refractivity contribution is 6.32. The summed E-state index contributed by atoms with van der Waals surface area (Å²) < 4.78 is 10.7. The van der Waals surface area contributed by atoms with E-state index in [2.05, 4.69) is 5.32 Å². The molecule has 0 fully saturated rings. The highest BCUT2D eigenvalue weighted by atomic mass is 35.5. The monoisotopic (exact) mass is 315 g/mol. The number of hydrogen-bond donors (Lipinski definition) is 3. The number of ether oxygens (including phenoxy) is 2. The molecule has 1 amide bonds. The summed E-state index contributed by atoms with van der Waals surface area (Å²) in [7, 11) is 0. The highest BCUT2D eigenvalue weighted by Gasteiger charge is 2.27. The first-order valence-corrected chi connectivity index (χ1v) is 6.59. The summed E-state index contributed by atoms with van der Waals surface area (Å²) >= 11 is 6.00. The van der Waals surface area contributed by atoms with Gasteiger partial charge in [0.2, 0.25) is 0 Å². The molecule has 1 aromatic carbocycles. The molecule has 1 aromatic rings. The maximum absolute atomic E-state index is 12.1. The van der Waals surface area contributed by atoms with E-state index in [1.807, 2.05) is 0 Å². The number of carboxylic acids is 1. The van der Waals surface area contributed by atoms with Gasteiger partial charge in [0.1, 0.15) is 13.2 Å². The first-order valence-electron chi connectivity index (χ1n) is 6.21. The van der Waals surface area contributed by atoms with Crippen LogP contribution in [-0.4, -0.2) is 47.4 Å². The number of aliphatic carboxylic acids is 1. The van der Waals surface area contributed by atoms with Crippen LogP contribution >= 0.6 is 11.6 Å². The van der Waals surface area contributed by atoms with Gasteiger partial charge in [-0.2, -0.15) is 0 Å². The second-order valence-corrected chi connectivity index (χ2v) is 4.92. The fourth-order valence-corrected chi connectivity index (χ4v) is 2.12. The minimum Gasteiger partial charge on any atom is -0.486 e. The topological polar surface area (TPSA) is 105 Å². The first kappa shape index (κ1) is 15.4. The van der Waals surface area contributed by atoms with Gasteiger partial charge in [-0.3, -0.25) is 4.79 Å². The number of aliphatic hydroxyl groups is 1. The molecule has 21 heavy (non-hydrogen) atoms. The Kier molecular flexibility index (Phi) is 4.54. The molecule has 8 heteroatoms. The molecule has 0 radical (unpaired) electrons. The lowest BCUT2D eigenvalue weighted by Crippen LogP contribution is -2.47. The van der Waals surface area contributed by atoms with Crippen molar-refractivity contribution in [2.75, 3.05) is 13.2 Å². The van der Waals surface area contributed by atoms with Gasteiger partial charge >= 0.3 is 5.97 Å². The number of amides is 1. The third kappa shape index (κ3) is 3.37. The minimum atomic E-state index is -1.41. The SMILES string of the molecule is CC(O)C(NC(=O)c1cc(Cl)c2c(c1)OCCO2)C(=O)O. The van der Waals surface area contributed by atoms with Gasteiger partial charge in [0, 0.05) is 5.56 Å². The van der Waals surface area contributed by atoms with E-state index in [0.717, 1.165) is 0 Å². The standard InChI is InChI=1S/C13H14ClNO6/c1-6(16)10(13(18)19)15-12(17)7-4-8(14)11-9(5-7)20-2-3-21-11/h4-6,10,16H,2-3H2,1H3,(H,15,17)(H,18,19). The maximum atomic E-state index is 12.1. The van der Waals surface area contributed by atoms with Crippen molar-refractivity contribution < 1.29 is 29.3 Å². The molecule has 1 heterocycles. The van der Waals surface area contributed by atoms with Gasteiger partial charge in [-0.15, -0.1) is 0 Å². The van der Waals surface area contributed by atoms with E-state index < -0.39 is 24.0 Å². The van der Waals surface area contributed by atoms with Crippen molar-refractivity contribution >= 4 is 23.5 Å². The number of fused-ring (bicyclic) bond motifs is 1. The summed E-state index contributed by atoms with van der Waals surface area (Å²) in [5.41, 5.74) is 0.121. The van der Waals surface area contributed by atoms with Crippen molar-refractivity contribution in [3.8, 4) is 11.5 Å². The summed E-state index contributed by atoms with van der Waals surface area (Å²) in [6.07, 6.45) is -1.24.